The number of carbonyl (C=O) groups excluding carboxylic acids is 1. The zero-order chi connectivity index (χ0) is 13.5. The van der Waals surface area contributed by atoms with E-state index in [0.717, 1.165) is 6.42 Å². The van der Waals surface area contributed by atoms with E-state index in [-0.39, 0.29) is 17.6 Å². The summed E-state index contributed by atoms with van der Waals surface area (Å²) in [5, 5.41) is 2.88. The lowest BCUT2D eigenvalue weighted by Gasteiger charge is -2.24. The third kappa shape index (κ3) is 9.12. The molecule has 4 heteroatoms. The predicted molar refractivity (Wildman–Crippen MR) is 70.8 cm³/mol. The largest absolute Gasteiger partial charge is 0.378 e. The summed E-state index contributed by atoms with van der Waals surface area (Å²) in [6.07, 6.45) is 1.63. The molecule has 0 aliphatic heterocycles. The molecule has 4 nitrogen and oxygen atoms in total. The number of hydrogen-bond donors (Lipinski definition) is 2. The standard InChI is InChI=1S/C13H28N2O2/c1-10(2)8-11(3)17-7-6-12(16)15-13(4,5)9-14/h10-11H,6-9,14H2,1-5H3,(H,15,16). The Hall–Kier alpha value is -0.610. The molecular formula is C13H28N2O2. The topological polar surface area (TPSA) is 64.3 Å². The van der Waals surface area contributed by atoms with Crippen LogP contribution in [-0.4, -0.2) is 30.7 Å². The van der Waals surface area contributed by atoms with E-state index < -0.39 is 0 Å². The van der Waals surface area contributed by atoms with Crippen molar-refractivity contribution in [2.75, 3.05) is 13.2 Å². The van der Waals surface area contributed by atoms with Crippen molar-refractivity contribution in [3.8, 4) is 0 Å². The maximum Gasteiger partial charge on any atom is 0.222 e. The van der Waals surface area contributed by atoms with Crippen LogP contribution in [0.25, 0.3) is 0 Å². The maximum absolute atomic E-state index is 11.6. The summed E-state index contributed by atoms with van der Waals surface area (Å²) < 4.78 is 5.58. The van der Waals surface area contributed by atoms with Gasteiger partial charge >= 0.3 is 0 Å². The Morgan fingerprint density at radius 2 is 1.94 bits per heavy atom. The lowest BCUT2D eigenvalue weighted by Crippen LogP contribution is -2.49. The summed E-state index contributed by atoms with van der Waals surface area (Å²) in [7, 11) is 0. The van der Waals surface area contributed by atoms with Crippen molar-refractivity contribution in [2.24, 2.45) is 11.7 Å². The van der Waals surface area contributed by atoms with Gasteiger partial charge in [-0.2, -0.15) is 0 Å². The normalized spacial score (nSPS) is 13.8. The number of carbonyl (C=O) groups is 1. The molecule has 3 N–H and O–H groups in total. The Morgan fingerprint density at radius 3 is 2.41 bits per heavy atom. The molecule has 0 aromatic carbocycles. The molecule has 0 aliphatic rings. The van der Waals surface area contributed by atoms with Crippen molar-refractivity contribution in [3.63, 3.8) is 0 Å². The van der Waals surface area contributed by atoms with Gasteiger partial charge in [0.05, 0.1) is 12.7 Å². The third-order valence-electron chi connectivity index (χ3n) is 2.52. The molecule has 0 aliphatic carbocycles. The fraction of sp³-hybridized carbons (Fsp3) is 0.923. The Bertz CT molecular complexity index is 227. The fourth-order valence-electron chi connectivity index (χ4n) is 1.58. The minimum Gasteiger partial charge on any atom is -0.378 e. The van der Waals surface area contributed by atoms with Gasteiger partial charge in [0.25, 0.3) is 0 Å². The summed E-state index contributed by atoms with van der Waals surface area (Å²) in [6.45, 7) is 11.1. The molecule has 0 bridgehead atoms. The van der Waals surface area contributed by atoms with E-state index in [4.69, 9.17) is 10.5 Å². The molecule has 0 radical (unpaired) electrons. The molecule has 0 heterocycles. The first kappa shape index (κ1) is 16.4. The molecular weight excluding hydrogens is 216 g/mol. The van der Waals surface area contributed by atoms with Gasteiger partial charge in [-0.05, 0) is 33.1 Å². The van der Waals surface area contributed by atoms with Crippen LogP contribution < -0.4 is 11.1 Å². The van der Waals surface area contributed by atoms with Crippen LogP contribution in [0.1, 0.15) is 47.5 Å². The van der Waals surface area contributed by atoms with Gasteiger partial charge in [-0.1, -0.05) is 13.8 Å². The van der Waals surface area contributed by atoms with Crippen LogP contribution in [0.3, 0.4) is 0 Å². The van der Waals surface area contributed by atoms with E-state index in [9.17, 15) is 4.79 Å². The number of amides is 1. The molecule has 102 valence electrons. The zero-order valence-electron chi connectivity index (χ0n) is 11.9. The smallest absolute Gasteiger partial charge is 0.222 e. The van der Waals surface area contributed by atoms with Crippen LogP contribution in [0.4, 0.5) is 0 Å². The highest BCUT2D eigenvalue weighted by Gasteiger charge is 2.17. The first-order valence-corrected chi connectivity index (χ1v) is 6.39. The molecule has 0 spiro atoms. The molecule has 0 aromatic heterocycles. The second-order valence-corrected chi connectivity index (χ2v) is 5.70. The van der Waals surface area contributed by atoms with Crippen molar-refractivity contribution in [1.82, 2.24) is 5.32 Å². The van der Waals surface area contributed by atoms with Gasteiger partial charge in [-0.25, -0.2) is 0 Å². The molecule has 0 rings (SSSR count). The van der Waals surface area contributed by atoms with Gasteiger partial charge in [0.2, 0.25) is 5.91 Å². The van der Waals surface area contributed by atoms with Crippen LogP contribution in [0.5, 0.6) is 0 Å². The minimum atomic E-state index is -0.333. The van der Waals surface area contributed by atoms with Crippen molar-refractivity contribution in [3.05, 3.63) is 0 Å². The first-order valence-electron chi connectivity index (χ1n) is 6.39. The van der Waals surface area contributed by atoms with Gasteiger partial charge in [-0.3, -0.25) is 4.79 Å². The Labute approximate surface area is 105 Å². The van der Waals surface area contributed by atoms with Gasteiger partial charge in [-0.15, -0.1) is 0 Å². The Kier molecular flexibility index (Phi) is 7.39. The van der Waals surface area contributed by atoms with E-state index in [0.29, 0.717) is 25.5 Å². The lowest BCUT2D eigenvalue weighted by molar-refractivity contribution is -0.124. The number of ether oxygens (including phenoxy) is 1. The molecule has 0 aromatic rings. The Balaban J connectivity index is 3.72. The van der Waals surface area contributed by atoms with Crippen molar-refractivity contribution < 1.29 is 9.53 Å². The third-order valence-corrected chi connectivity index (χ3v) is 2.52. The van der Waals surface area contributed by atoms with E-state index in [1.807, 2.05) is 20.8 Å². The number of hydrogen-bond acceptors (Lipinski definition) is 3. The average molecular weight is 244 g/mol. The summed E-state index contributed by atoms with van der Waals surface area (Å²) in [6, 6.07) is 0. The summed E-state index contributed by atoms with van der Waals surface area (Å²) in [5.41, 5.74) is 5.21. The van der Waals surface area contributed by atoms with E-state index in [1.54, 1.807) is 0 Å². The van der Waals surface area contributed by atoms with E-state index in [1.165, 1.54) is 0 Å². The van der Waals surface area contributed by atoms with Crippen molar-refractivity contribution in [2.45, 2.75) is 59.1 Å². The van der Waals surface area contributed by atoms with Crippen LogP contribution in [0.15, 0.2) is 0 Å². The molecule has 1 unspecified atom stereocenters. The maximum atomic E-state index is 11.6. The van der Waals surface area contributed by atoms with Gasteiger partial charge in [0, 0.05) is 18.5 Å². The highest BCUT2D eigenvalue weighted by Crippen LogP contribution is 2.07. The molecule has 0 fully saturated rings. The van der Waals surface area contributed by atoms with Crippen LogP contribution >= 0.6 is 0 Å². The number of nitrogens with one attached hydrogen (secondary N) is 1. The summed E-state index contributed by atoms with van der Waals surface area (Å²) in [5.74, 6) is 0.618. The molecule has 0 saturated heterocycles. The Morgan fingerprint density at radius 1 is 1.35 bits per heavy atom. The monoisotopic (exact) mass is 244 g/mol. The van der Waals surface area contributed by atoms with Crippen LogP contribution in [0, 0.1) is 5.92 Å². The van der Waals surface area contributed by atoms with Gasteiger partial charge in [0.15, 0.2) is 0 Å². The average Bonchev–Trinajstić information content (AvgIpc) is 2.15. The second-order valence-electron chi connectivity index (χ2n) is 5.70. The number of rotatable bonds is 8. The molecule has 17 heavy (non-hydrogen) atoms. The van der Waals surface area contributed by atoms with E-state index in [2.05, 4.69) is 19.2 Å². The molecule has 1 atom stereocenters. The molecule has 0 saturated carbocycles. The van der Waals surface area contributed by atoms with Gasteiger partial charge in [0.1, 0.15) is 0 Å². The quantitative estimate of drug-likeness (QED) is 0.683. The van der Waals surface area contributed by atoms with Crippen molar-refractivity contribution >= 4 is 5.91 Å². The summed E-state index contributed by atoms with van der Waals surface area (Å²) >= 11 is 0. The zero-order valence-corrected chi connectivity index (χ0v) is 11.9. The number of nitrogens with two attached hydrogens (primary N) is 1. The predicted octanol–water partition coefficient (Wildman–Crippen LogP) is 1.68. The van der Waals surface area contributed by atoms with Gasteiger partial charge < -0.3 is 15.8 Å². The van der Waals surface area contributed by atoms with Crippen LogP contribution in [0.2, 0.25) is 0 Å². The minimum absolute atomic E-state index is 0.00260. The lowest BCUT2D eigenvalue weighted by atomic mass is 10.1. The van der Waals surface area contributed by atoms with Crippen LogP contribution in [-0.2, 0) is 9.53 Å². The summed E-state index contributed by atoms with van der Waals surface area (Å²) in [4.78, 5) is 11.6. The first-order chi connectivity index (χ1) is 7.76. The van der Waals surface area contributed by atoms with E-state index >= 15 is 0 Å². The fourth-order valence-corrected chi connectivity index (χ4v) is 1.58. The highest BCUT2D eigenvalue weighted by atomic mass is 16.5. The molecule has 1 amide bonds. The highest BCUT2D eigenvalue weighted by molar-refractivity contribution is 5.76. The SMILES string of the molecule is CC(C)CC(C)OCCC(=O)NC(C)(C)CN. The second kappa shape index (κ2) is 7.67. The van der Waals surface area contributed by atoms with Crippen molar-refractivity contribution in [1.29, 1.82) is 0 Å².